The van der Waals surface area contributed by atoms with E-state index in [0.717, 1.165) is 18.7 Å². The first-order chi connectivity index (χ1) is 9.65. The molecule has 0 radical (unpaired) electrons. The molecule has 1 aromatic rings. The van der Waals surface area contributed by atoms with E-state index in [2.05, 4.69) is 17.4 Å². The van der Waals surface area contributed by atoms with Gasteiger partial charge in [0.25, 0.3) is 0 Å². The molecule has 1 saturated carbocycles. The number of hydrogen-bond acceptors (Lipinski definition) is 2. The Morgan fingerprint density at radius 2 is 2.05 bits per heavy atom. The molecule has 3 rings (SSSR count). The van der Waals surface area contributed by atoms with Crippen LogP contribution in [-0.4, -0.2) is 25.8 Å². The second kappa shape index (κ2) is 5.82. The molecule has 3 heteroatoms. The molecule has 2 atom stereocenters. The maximum atomic E-state index is 14.9. The van der Waals surface area contributed by atoms with Gasteiger partial charge in [-0.3, -0.25) is 0 Å². The summed E-state index contributed by atoms with van der Waals surface area (Å²) in [4.78, 5) is 0. The lowest BCUT2D eigenvalue weighted by Gasteiger charge is -2.31. The zero-order chi connectivity index (χ0) is 14.0. The lowest BCUT2D eigenvalue weighted by atomic mass is 9.79. The Hall–Kier alpha value is -0.930. The third-order valence-corrected chi connectivity index (χ3v) is 4.72. The van der Waals surface area contributed by atoms with E-state index in [1.165, 1.54) is 24.8 Å². The van der Waals surface area contributed by atoms with Crippen molar-refractivity contribution in [2.75, 3.05) is 19.8 Å². The van der Waals surface area contributed by atoms with Gasteiger partial charge in [-0.15, -0.1) is 0 Å². The molecule has 1 aliphatic carbocycles. The van der Waals surface area contributed by atoms with Crippen molar-refractivity contribution in [2.24, 2.45) is 0 Å². The first kappa shape index (κ1) is 14.0. The summed E-state index contributed by atoms with van der Waals surface area (Å²) in [5.41, 5.74) is 0.860. The number of benzene rings is 1. The molecule has 2 fully saturated rings. The van der Waals surface area contributed by atoms with E-state index in [4.69, 9.17) is 4.74 Å². The van der Waals surface area contributed by atoms with Gasteiger partial charge in [-0.2, -0.15) is 0 Å². The van der Waals surface area contributed by atoms with Gasteiger partial charge in [-0.05, 0) is 36.8 Å². The summed E-state index contributed by atoms with van der Waals surface area (Å²) in [6, 6.07) is 8.28. The van der Waals surface area contributed by atoms with Crippen molar-refractivity contribution >= 4 is 0 Å². The Labute approximate surface area is 120 Å². The minimum absolute atomic E-state index is 0.116. The van der Waals surface area contributed by atoms with Crippen LogP contribution in [0.15, 0.2) is 24.3 Å². The molecule has 1 aliphatic heterocycles. The van der Waals surface area contributed by atoms with E-state index < -0.39 is 5.67 Å². The van der Waals surface area contributed by atoms with E-state index in [1.807, 2.05) is 12.1 Å². The van der Waals surface area contributed by atoms with E-state index in [1.54, 1.807) is 6.92 Å². The van der Waals surface area contributed by atoms with Crippen molar-refractivity contribution in [1.82, 2.24) is 5.32 Å². The van der Waals surface area contributed by atoms with Crippen LogP contribution in [0.1, 0.15) is 49.7 Å². The third kappa shape index (κ3) is 3.04. The van der Waals surface area contributed by atoms with Crippen LogP contribution < -0.4 is 5.32 Å². The van der Waals surface area contributed by atoms with E-state index in [0.29, 0.717) is 18.9 Å². The standard InChI is InChI=1S/C17H24FNO/c1-17(18,11-16-12-20-10-9-19-16)15-7-5-14(6-8-15)13-3-2-4-13/h5-8,13,16,19H,2-4,9-12H2,1H3. The summed E-state index contributed by atoms with van der Waals surface area (Å²) in [6.07, 6.45) is 4.38. The smallest absolute Gasteiger partial charge is 0.134 e. The Balaban J connectivity index is 1.66. The summed E-state index contributed by atoms with van der Waals surface area (Å²) in [7, 11) is 0. The van der Waals surface area contributed by atoms with Crippen molar-refractivity contribution in [3.05, 3.63) is 35.4 Å². The highest BCUT2D eigenvalue weighted by Crippen LogP contribution is 2.38. The third-order valence-electron chi connectivity index (χ3n) is 4.72. The molecule has 20 heavy (non-hydrogen) atoms. The van der Waals surface area contributed by atoms with E-state index in [-0.39, 0.29) is 6.04 Å². The SMILES string of the molecule is CC(F)(CC1COCCN1)c1ccc(C2CCC2)cc1. The first-order valence-electron chi connectivity index (χ1n) is 7.76. The van der Waals surface area contributed by atoms with Crippen molar-refractivity contribution in [1.29, 1.82) is 0 Å². The van der Waals surface area contributed by atoms with Gasteiger partial charge in [0.05, 0.1) is 13.2 Å². The number of nitrogens with one attached hydrogen (secondary N) is 1. The van der Waals surface area contributed by atoms with Crippen LogP contribution in [0.4, 0.5) is 4.39 Å². The van der Waals surface area contributed by atoms with Crippen LogP contribution in [0.2, 0.25) is 0 Å². The van der Waals surface area contributed by atoms with Gasteiger partial charge in [0.15, 0.2) is 0 Å². The predicted octanol–water partition coefficient (Wildman–Crippen LogP) is 3.52. The molecule has 0 spiro atoms. The Morgan fingerprint density at radius 1 is 1.30 bits per heavy atom. The number of hydrogen-bond donors (Lipinski definition) is 1. The molecular formula is C17H24FNO. The number of rotatable bonds is 4. The fourth-order valence-corrected chi connectivity index (χ4v) is 3.18. The highest BCUT2D eigenvalue weighted by molar-refractivity contribution is 5.30. The van der Waals surface area contributed by atoms with Gasteiger partial charge in [0.1, 0.15) is 5.67 Å². The number of halogens is 1. The molecule has 2 aliphatic rings. The lowest BCUT2D eigenvalue weighted by Crippen LogP contribution is -2.44. The van der Waals surface area contributed by atoms with Gasteiger partial charge in [0.2, 0.25) is 0 Å². The van der Waals surface area contributed by atoms with Crippen LogP contribution in [0.25, 0.3) is 0 Å². The highest BCUT2D eigenvalue weighted by atomic mass is 19.1. The molecule has 2 nitrogen and oxygen atoms in total. The van der Waals surface area contributed by atoms with Crippen LogP contribution in [-0.2, 0) is 10.4 Å². The number of ether oxygens (including phenoxy) is 1. The fourth-order valence-electron chi connectivity index (χ4n) is 3.18. The summed E-state index contributed by atoms with van der Waals surface area (Å²) >= 11 is 0. The molecular weight excluding hydrogens is 253 g/mol. The molecule has 0 amide bonds. The minimum Gasteiger partial charge on any atom is -0.379 e. The normalized spacial score (nSPS) is 26.8. The molecule has 2 unspecified atom stereocenters. The summed E-state index contributed by atoms with van der Waals surface area (Å²) in [5.74, 6) is 0.711. The van der Waals surface area contributed by atoms with Gasteiger partial charge >= 0.3 is 0 Å². The Bertz CT molecular complexity index is 433. The quantitative estimate of drug-likeness (QED) is 0.909. The maximum Gasteiger partial charge on any atom is 0.134 e. The lowest BCUT2D eigenvalue weighted by molar-refractivity contribution is 0.0474. The van der Waals surface area contributed by atoms with Gasteiger partial charge in [-0.1, -0.05) is 30.7 Å². The van der Waals surface area contributed by atoms with Crippen molar-refractivity contribution in [2.45, 2.75) is 50.2 Å². The van der Waals surface area contributed by atoms with Crippen LogP contribution in [0.3, 0.4) is 0 Å². The molecule has 1 saturated heterocycles. The minimum atomic E-state index is -1.30. The van der Waals surface area contributed by atoms with Crippen molar-refractivity contribution in [3.63, 3.8) is 0 Å². The average Bonchev–Trinajstić information content (AvgIpc) is 2.38. The second-order valence-electron chi connectivity index (χ2n) is 6.38. The topological polar surface area (TPSA) is 21.3 Å². The maximum absolute atomic E-state index is 14.9. The highest BCUT2D eigenvalue weighted by Gasteiger charge is 2.31. The Kier molecular flexibility index (Phi) is 4.08. The number of alkyl halides is 1. The van der Waals surface area contributed by atoms with Gasteiger partial charge in [0, 0.05) is 19.0 Å². The summed E-state index contributed by atoms with van der Waals surface area (Å²) in [5, 5.41) is 3.33. The molecule has 0 bridgehead atoms. The second-order valence-corrected chi connectivity index (χ2v) is 6.38. The summed E-state index contributed by atoms with van der Waals surface area (Å²) < 4.78 is 20.3. The van der Waals surface area contributed by atoms with Crippen LogP contribution in [0.5, 0.6) is 0 Å². The zero-order valence-electron chi connectivity index (χ0n) is 12.2. The molecule has 1 aromatic carbocycles. The average molecular weight is 277 g/mol. The van der Waals surface area contributed by atoms with Gasteiger partial charge in [-0.25, -0.2) is 4.39 Å². The Morgan fingerprint density at radius 3 is 2.60 bits per heavy atom. The predicted molar refractivity (Wildman–Crippen MR) is 78.7 cm³/mol. The number of morpholine rings is 1. The van der Waals surface area contributed by atoms with E-state index >= 15 is 0 Å². The van der Waals surface area contributed by atoms with Crippen molar-refractivity contribution in [3.8, 4) is 0 Å². The van der Waals surface area contributed by atoms with Gasteiger partial charge < -0.3 is 10.1 Å². The van der Waals surface area contributed by atoms with Crippen molar-refractivity contribution < 1.29 is 9.13 Å². The van der Waals surface area contributed by atoms with Crippen LogP contribution >= 0.6 is 0 Å². The molecule has 110 valence electrons. The monoisotopic (exact) mass is 277 g/mol. The largest absolute Gasteiger partial charge is 0.379 e. The molecule has 1 heterocycles. The fraction of sp³-hybridized carbons (Fsp3) is 0.647. The first-order valence-corrected chi connectivity index (χ1v) is 7.76. The molecule has 0 aromatic heterocycles. The van der Waals surface area contributed by atoms with Crippen LogP contribution in [0, 0.1) is 0 Å². The summed E-state index contributed by atoms with van der Waals surface area (Å²) in [6.45, 7) is 3.85. The molecule has 1 N–H and O–H groups in total. The zero-order valence-corrected chi connectivity index (χ0v) is 12.2. The van der Waals surface area contributed by atoms with E-state index in [9.17, 15) is 4.39 Å².